The Morgan fingerprint density at radius 2 is 2.04 bits per heavy atom. The Hall–Kier alpha value is -2.27. The van der Waals surface area contributed by atoms with Crippen LogP contribution in [0.3, 0.4) is 0 Å². The van der Waals surface area contributed by atoms with E-state index in [1.807, 2.05) is 24.3 Å². The average Bonchev–Trinajstić information content (AvgIpc) is 2.57. The third-order valence-corrected chi connectivity index (χ3v) is 4.12. The van der Waals surface area contributed by atoms with Crippen molar-refractivity contribution >= 4 is 23.9 Å². The van der Waals surface area contributed by atoms with Crippen molar-refractivity contribution in [3.05, 3.63) is 65.2 Å². The van der Waals surface area contributed by atoms with Crippen LogP contribution in [0.1, 0.15) is 16.7 Å². The highest BCUT2D eigenvalue weighted by molar-refractivity contribution is 7.99. The molecule has 2 aromatic rings. The van der Waals surface area contributed by atoms with Crippen molar-refractivity contribution in [3.8, 4) is 5.75 Å². The van der Waals surface area contributed by atoms with Gasteiger partial charge < -0.3 is 4.74 Å². The number of hydrogen-bond donors (Lipinski definition) is 1. The lowest BCUT2D eigenvalue weighted by molar-refractivity contribution is -0.118. The van der Waals surface area contributed by atoms with E-state index in [1.165, 1.54) is 11.1 Å². The number of amides is 1. The monoisotopic (exact) mass is 328 g/mol. The summed E-state index contributed by atoms with van der Waals surface area (Å²) in [5.41, 5.74) is 5.86. The highest BCUT2D eigenvalue weighted by Gasteiger charge is 2.00. The van der Waals surface area contributed by atoms with Crippen LogP contribution in [0.25, 0.3) is 0 Å². The molecule has 0 heterocycles. The van der Waals surface area contributed by atoms with Gasteiger partial charge in [0.1, 0.15) is 5.75 Å². The van der Waals surface area contributed by atoms with Crippen LogP contribution in [0.2, 0.25) is 0 Å². The van der Waals surface area contributed by atoms with E-state index in [2.05, 4.69) is 41.7 Å². The molecule has 2 aromatic carbocycles. The van der Waals surface area contributed by atoms with Crippen LogP contribution in [-0.4, -0.2) is 25.0 Å². The van der Waals surface area contributed by atoms with Gasteiger partial charge in [-0.3, -0.25) is 4.79 Å². The van der Waals surface area contributed by atoms with E-state index >= 15 is 0 Å². The van der Waals surface area contributed by atoms with Gasteiger partial charge in [-0.2, -0.15) is 5.10 Å². The quantitative estimate of drug-likeness (QED) is 0.626. The molecular formula is C18H20N2O2S. The number of methoxy groups -OCH3 is 1. The lowest BCUT2D eigenvalue weighted by atomic mass is 10.2. The number of hydrazone groups is 1. The molecule has 1 amide bonds. The Labute approximate surface area is 140 Å². The zero-order valence-corrected chi connectivity index (χ0v) is 14.1. The van der Waals surface area contributed by atoms with Gasteiger partial charge in [0.05, 0.1) is 19.1 Å². The largest absolute Gasteiger partial charge is 0.497 e. The van der Waals surface area contributed by atoms with Gasteiger partial charge in [0.2, 0.25) is 5.91 Å². The molecule has 4 nitrogen and oxygen atoms in total. The summed E-state index contributed by atoms with van der Waals surface area (Å²) in [6, 6.07) is 15.8. The van der Waals surface area contributed by atoms with Gasteiger partial charge in [0.15, 0.2) is 0 Å². The van der Waals surface area contributed by atoms with Crippen molar-refractivity contribution < 1.29 is 9.53 Å². The lowest BCUT2D eigenvalue weighted by Gasteiger charge is -2.02. The van der Waals surface area contributed by atoms with Crippen LogP contribution >= 0.6 is 11.8 Å². The van der Waals surface area contributed by atoms with E-state index in [1.54, 1.807) is 25.1 Å². The summed E-state index contributed by atoms with van der Waals surface area (Å²) in [4.78, 5) is 11.7. The van der Waals surface area contributed by atoms with Gasteiger partial charge >= 0.3 is 0 Å². The average molecular weight is 328 g/mol. The second kappa shape index (κ2) is 9.00. The fourth-order valence-corrected chi connectivity index (χ4v) is 2.66. The molecule has 23 heavy (non-hydrogen) atoms. The summed E-state index contributed by atoms with van der Waals surface area (Å²) < 4.78 is 5.13. The zero-order valence-electron chi connectivity index (χ0n) is 13.3. The van der Waals surface area contributed by atoms with Gasteiger partial charge in [0.25, 0.3) is 0 Å². The van der Waals surface area contributed by atoms with E-state index in [0.29, 0.717) is 5.75 Å². The number of benzene rings is 2. The van der Waals surface area contributed by atoms with Gasteiger partial charge in [-0.15, -0.1) is 11.8 Å². The first-order chi connectivity index (χ1) is 11.2. The molecular weight excluding hydrogens is 308 g/mol. The molecule has 0 fully saturated rings. The number of aryl methyl sites for hydroxylation is 1. The van der Waals surface area contributed by atoms with E-state index in [9.17, 15) is 4.79 Å². The Balaban J connectivity index is 1.72. The minimum absolute atomic E-state index is 0.110. The summed E-state index contributed by atoms with van der Waals surface area (Å²) >= 11 is 1.57. The number of ether oxygens (including phenoxy) is 1. The van der Waals surface area contributed by atoms with Crippen molar-refractivity contribution in [2.45, 2.75) is 12.7 Å². The molecule has 0 atom stereocenters. The third-order valence-electron chi connectivity index (χ3n) is 3.12. The molecule has 2 rings (SSSR count). The van der Waals surface area contributed by atoms with E-state index in [-0.39, 0.29) is 5.91 Å². The fourth-order valence-electron chi connectivity index (χ4n) is 1.88. The molecule has 1 N–H and O–H groups in total. The number of hydrogen-bond acceptors (Lipinski definition) is 4. The summed E-state index contributed by atoms with van der Waals surface area (Å²) in [6.07, 6.45) is 1.60. The van der Waals surface area contributed by atoms with Crippen LogP contribution in [0.15, 0.2) is 53.6 Å². The van der Waals surface area contributed by atoms with E-state index in [4.69, 9.17) is 4.74 Å². The minimum Gasteiger partial charge on any atom is -0.497 e. The molecule has 5 heteroatoms. The SMILES string of the molecule is COc1cccc(/C=N\NC(=O)CSCc2ccc(C)cc2)c1. The van der Waals surface area contributed by atoms with E-state index < -0.39 is 0 Å². The van der Waals surface area contributed by atoms with Gasteiger partial charge in [-0.05, 0) is 30.2 Å². The maximum Gasteiger partial charge on any atom is 0.250 e. The molecule has 0 aromatic heterocycles. The summed E-state index contributed by atoms with van der Waals surface area (Å²) in [6.45, 7) is 2.06. The maximum absolute atomic E-state index is 11.7. The van der Waals surface area contributed by atoms with Crippen LogP contribution in [0.5, 0.6) is 5.75 Å². The Morgan fingerprint density at radius 3 is 2.78 bits per heavy atom. The number of carbonyl (C=O) groups excluding carboxylic acids is 1. The molecule has 0 aliphatic carbocycles. The highest BCUT2D eigenvalue weighted by atomic mass is 32.2. The molecule has 0 aliphatic rings. The van der Waals surface area contributed by atoms with Crippen LogP contribution in [0, 0.1) is 6.92 Å². The Morgan fingerprint density at radius 1 is 1.26 bits per heavy atom. The molecule has 0 bridgehead atoms. The topological polar surface area (TPSA) is 50.7 Å². The molecule has 0 spiro atoms. The van der Waals surface area contributed by atoms with Gasteiger partial charge in [0, 0.05) is 5.75 Å². The Bertz CT molecular complexity index is 669. The number of thioether (sulfide) groups is 1. The molecule has 0 aliphatic heterocycles. The summed E-state index contributed by atoms with van der Waals surface area (Å²) in [5.74, 6) is 1.84. The predicted octanol–water partition coefficient (Wildman–Crippen LogP) is 3.39. The molecule has 0 unspecified atom stereocenters. The Kier molecular flexibility index (Phi) is 6.69. The number of nitrogens with zero attached hydrogens (tertiary/aromatic N) is 1. The first-order valence-electron chi connectivity index (χ1n) is 7.26. The number of nitrogens with one attached hydrogen (secondary N) is 1. The molecule has 0 radical (unpaired) electrons. The van der Waals surface area contributed by atoms with Crippen molar-refractivity contribution in [1.29, 1.82) is 0 Å². The predicted molar refractivity (Wildman–Crippen MR) is 96.1 cm³/mol. The lowest BCUT2D eigenvalue weighted by Crippen LogP contribution is -2.19. The fraction of sp³-hybridized carbons (Fsp3) is 0.222. The molecule has 120 valence electrons. The van der Waals surface area contributed by atoms with E-state index in [0.717, 1.165) is 17.1 Å². The molecule has 0 saturated carbocycles. The first-order valence-corrected chi connectivity index (χ1v) is 8.42. The van der Waals surface area contributed by atoms with Crippen LogP contribution < -0.4 is 10.2 Å². The maximum atomic E-state index is 11.7. The van der Waals surface area contributed by atoms with Crippen molar-refractivity contribution in [3.63, 3.8) is 0 Å². The zero-order chi connectivity index (χ0) is 16.5. The van der Waals surface area contributed by atoms with Gasteiger partial charge in [-0.1, -0.05) is 42.0 Å². The first kappa shape index (κ1) is 17.1. The number of carbonyl (C=O) groups is 1. The summed E-state index contributed by atoms with van der Waals surface area (Å²) in [7, 11) is 1.61. The minimum atomic E-state index is -0.110. The third kappa shape index (κ3) is 6.16. The standard InChI is InChI=1S/C18H20N2O2S/c1-14-6-8-15(9-7-14)12-23-13-18(21)20-19-11-16-4-3-5-17(10-16)22-2/h3-11H,12-13H2,1-2H3,(H,20,21)/b19-11-. The van der Waals surface area contributed by atoms with Crippen LogP contribution in [-0.2, 0) is 10.5 Å². The summed E-state index contributed by atoms with van der Waals surface area (Å²) in [5, 5.41) is 3.96. The highest BCUT2D eigenvalue weighted by Crippen LogP contribution is 2.13. The normalized spacial score (nSPS) is 10.7. The van der Waals surface area contributed by atoms with Crippen molar-refractivity contribution in [1.82, 2.24) is 5.43 Å². The van der Waals surface area contributed by atoms with Crippen molar-refractivity contribution in [2.75, 3.05) is 12.9 Å². The second-order valence-corrected chi connectivity index (χ2v) is 6.03. The van der Waals surface area contributed by atoms with Crippen LogP contribution in [0.4, 0.5) is 0 Å². The molecule has 0 saturated heterocycles. The second-order valence-electron chi connectivity index (χ2n) is 5.05. The smallest absolute Gasteiger partial charge is 0.250 e. The van der Waals surface area contributed by atoms with Crippen molar-refractivity contribution in [2.24, 2.45) is 5.10 Å². The van der Waals surface area contributed by atoms with Gasteiger partial charge in [-0.25, -0.2) is 5.43 Å². The number of rotatable bonds is 7.